The summed E-state index contributed by atoms with van der Waals surface area (Å²) in [5, 5.41) is 15.4. The van der Waals surface area contributed by atoms with Crippen molar-refractivity contribution in [2.75, 3.05) is 24.2 Å². The third-order valence-corrected chi connectivity index (χ3v) is 7.15. The molecule has 1 fully saturated rings. The van der Waals surface area contributed by atoms with Gasteiger partial charge in [-0.3, -0.25) is 4.79 Å². The summed E-state index contributed by atoms with van der Waals surface area (Å²) in [6.07, 6.45) is 2.46. The van der Waals surface area contributed by atoms with Crippen molar-refractivity contribution in [1.29, 1.82) is 0 Å². The molecule has 1 amide bonds. The van der Waals surface area contributed by atoms with Crippen molar-refractivity contribution in [2.24, 2.45) is 0 Å². The Hall–Kier alpha value is -2.42. The van der Waals surface area contributed by atoms with Crippen molar-refractivity contribution < 1.29 is 9.53 Å². The molecule has 2 aromatic carbocycles. The summed E-state index contributed by atoms with van der Waals surface area (Å²) < 4.78 is 6.38. The molecule has 6 nitrogen and oxygen atoms in total. The molecular formula is C23H26N4O2S2. The van der Waals surface area contributed by atoms with Gasteiger partial charge in [-0.25, -0.2) is 0 Å². The summed E-state index contributed by atoms with van der Waals surface area (Å²) >= 11 is 2.87. The maximum atomic E-state index is 12.4. The van der Waals surface area contributed by atoms with Gasteiger partial charge >= 0.3 is 0 Å². The first-order chi connectivity index (χ1) is 15.2. The van der Waals surface area contributed by atoms with E-state index in [1.807, 2.05) is 25.1 Å². The molecule has 0 radical (unpaired) electrons. The van der Waals surface area contributed by atoms with Crippen LogP contribution in [0.4, 0.5) is 5.13 Å². The van der Waals surface area contributed by atoms with Crippen LogP contribution in [0.1, 0.15) is 31.4 Å². The lowest BCUT2D eigenvalue weighted by Gasteiger charge is -2.14. The normalized spacial score (nSPS) is 16.7. The molecule has 0 bridgehead atoms. The Kier molecular flexibility index (Phi) is 7.56. The maximum absolute atomic E-state index is 12.4. The molecule has 2 heterocycles. The molecule has 1 saturated heterocycles. The number of hydrogen-bond donors (Lipinski definition) is 2. The monoisotopic (exact) mass is 454 g/mol. The molecule has 4 rings (SSSR count). The standard InChI is InChI=1S/C23H26N4O2S2/c1-16(17-9-11-19(12-10-17)18-6-3-2-4-7-18)25-21(28)15-30-23-27-26-22(31-23)24-14-20-8-5-13-29-20/h2-4,6-7,9-12,16,20H,5,8,13-15H2,1H3,(H,24,26)(H,25,28). The number of amides is 1. The van der Waals surface area contributed by atoms with E-state index in [1.165, 1.54) is 34.2 Å². The molecule has 1 aliphatic heterocycles. The summed E-state index contributed by atoms with van der Waals surface area (Å²) in [7, 11) is 0. The number of nitrogens with one attached hydrogen (secondary N) is 2. The van der Waals surface area contributed by atoms with Gasteiger partial charge in [0.1, 0.15) is 0 Å². The van der Waals surface area contributed by atoms with Crippen LogP contribution in [0.2, 0.25) is 0 Å². The lowest BCUT2D eigenvalue weighted by atomic mass is 10.0. The number of carbonyl (C=O) groups is 1. The third-order valence-electron chi connectivity index (χ3n) is 5.13. The first-order valence-corrected chi connectivity index (χ1v) is 12.2. The number of ether oxygens (including phenoxy) is 1. The van der Waals surface area contributed by atoms with Gasteiger partial charge in [0.25, 0.3) is 0 Å². The number of anilines is 1. The largest absolute Gasteiger partial charge is 0.376 e. The predicted molar refractivity (Wildman–Crippen MR) is 127 cm³/mol. The van der Waals surface area contributed by atoms with Gasteiger partial charge in [0, 0.05) is 13.2 Å². The van der Waals surface area contributed by atoms with Crippen molar-refractivity contribution in [3.05, 3.63) is 60.2 Å². The van der Waals surface area contributed by atoms with Crippen molar-refractivity contribution in [2.45, 2.75) is 36.3 Å². The van der Waals surface area contributed by atoms with Crippen LogP contribution in [-0.4, -0.2) is 41.1 Å². The summed E-state index contributed by atoms with van der Waals surface area (Å²) in [4.78, 5) is 12.4. The van der Waals surface area contributed by atoms with Crippen molar-refractivity contribution >= 4 is 34.1 Å². The summed E-state index contributed by atoms with van der Waals surface area (Å²) in [6.45, 7) is 3.59. The van der Waals surface area contributed by atoms with E-state index >= 15 is 0 Å². The molecule has 0 aliphatic carbocycles. The Labute approximate surface area is 190 Å². The smallest absolute Gasteiger partial charge is 0.230 e. The molecule has 2 N–H and O–H groups in total. The van der Waals surface area contributed by atoms with Crippen LogP contribution in [-0.2, 0) is 9.53 Å². The van der Waals surface area contributed by atoms with Gasteiger partial charge in [-0.15, -0.1) is 10.2 Å². The zero-order chi connectivity index (χ0) is 21.5. The molecule has 0 spiro atoms. The first kappa shape index (κ1) is 21.8. The van der Waals surface area contributed by atoms with E-state index in [1.54, 1.807) is 0 Å². The van der Waals surface area contributed by atoms with Crippen LogP contribution >= 0.6 is 23.1 Å². The molecule has 2 atom stereocenters. The topological polar surface area (TPSA) is 76.1 Å². The summed E-state index contributed by atoms with van der Waals surface area (Å²) in [5.74, 6) is 0.293. The zero-order valence-corrected chi connectivity index (χ0v) is 19.0. The Morgan fingerprint density at radius 2 is 1.94 bits per heavy atom. The number of aromatic nitrogens is 2. The Bertz CT molecular complexity index is 973. The van der Waals surface area contributed by atoms with Crippen LogP contribution in [0.5, 0.6) is 0 Å². The van der Waals surface area contributed by atoms with Crippen molar-refractivity contribution in [3.63, 3.8) is 0 Å². The quantitative estimate of drug-likeness (QED) is 0.454. The minimum atomic E-state index is -0.0593. The van der Waals surface area contributed by atoms with Crippen LogP contribution in [0.3, 0.4) is 0 Å². The maximum Gasteiger partial charge on any atom is 0.230 e. The van der Waals surface area contributed by atoms with Gasteiger partial charge in [0.15, 0.2) is 4.34 Å². The first-order valence-electron chi connectivity index (χ1n) is 10.4. The van der Waals surface area contributed by atoms with E-state index in [4.69, 9.17) is 4.74 Å². The fraction of sp³-hybridized carbons (Fsp3) is 0.348. The minimum Gasteiger partial charge on any atom is -0.376 e. The van der Waals surface area contributed by atoms with Gasteiger partial charge in [-0.1, -0.05) is 77.7 Å². The van der Waals surface area contributed by atoms with E-state index in [9.17, 15) is 4.79 Å². The SMILES string of the molecule is CC(NC(=O)CSc1nnc(NCC2CCCO2)s1)c1ccc(-c2ccccc2)cc1. The predicted octanol–water partition coefficient (Wildman–Crippen LogP) is 4.77. The average Bonchev–Trinajstić information content (AvgIpc) is 3.49. The molecule has 8 heteroatoms. The second-order valence-corrected chi connectivity index (χ2v) is 9.65. The highest BCUT2D eigenvalue weighted by molar-refractivity contribution is 8.01. The number of benzene rings is 2. The van der Waals surface area contributed by atoms with Crippen LogP contribution in [0, 0.1) is 0 Å². The molecule has 0 saturated carbocycles. The fourth-order valence-electron chi connectivity index (χ4n) is 3.43. The van der Waals surface area contributed by atoms with E-state index in [2.05, 4.69) is 57.2 Å². The van der Waals surface area contributed by atoms with Gasteiger partial charge in [-0.2, -0.15) is 0 Å². The Morgan fingerprint density at radius 3 is 2.68 bits per heavy atom. The second kappa shape index (κ2) is 10.7. The molecule has 2 unspecified atom stereocenters. The summed E-state index contributed by atoms with van der Waals surface area (Å²) in [5.41, 5.74) is 3.43. The lowest BCUT2D eigenvalue weighted by Crippen LogP contribution is -2.28. The fourth-order valence-corrected chi connectivity index (χ4v) is 5.00. The van der Waals surface area contributed by atoms with Crippen LogP contribution in [0.25, 0.3) is 11.1 Å². The molecule has 162 valence electrons. The number of carbonyl (C=O) groups excluding carboxylic acids is 1. The number of rotatable bonds is 9. The second-order valence-electron chi connectivity index (χ2n) is 7.45. The molecule has 3 aromatic rings. The van der Waals surface area contributed by atoms with Gasteiger partial charge in [-0.05, 0) is 36.5 Å². The lowest BCUT2D eigenvalue weighted by molar-refractivity contribution is -0.119. The molecule has 1 aromatic heterocycles. The number of thioether (sulfide) groups is 1. The minimum absolute atomic E-state index is 0.0197. The van der Waals surface area contributed by atoms with Crippen molar-refractivity contribution in [3.8, 4) is 11.1 Å². The van der Waals surface area contributed by atoms with Crippen LogP contribution < -0.4 is 10.6 Å². The third kappa shape index (κ3) is 6.29. The highest BCUT2D eigenvalue weighted by Gasteiger charge is 2.16. The van der Waals surface area contributed by atoms with E-state index in [0.29, 0.717) is 5.75 Å². The molecule has 1 aliphatic rings. The molecular weight excluding hydrogens is 428 g/mol. The van der Waals surface area contributed by atoms with Gasteiger partial charge in [0.2, 0.25) is 11.0 Å². The molecule has 31 heavy (non-hydrogen) atoms. The van der Waals surface area contributed by atoms with E-state index in [-0.39, 0.29) is 18.1 Å². The zero-order valence-electron chi connectivity index (χ0n) is 17.4. The number of hydrogen-bond acceptors (Lipinski definition) is 7. The average molecular weight is 455 g/mol. The van der Waals surface area contributed by atoms with E-state index in [0.717, 1.165) is 41.0 Å². The Balaban J connectivity index is 1.22. The van der Waals surface area contributed by atoms with Gasteiger partial charge in [0.05, 0.1) is 17.9 Å². The number of nitrogens with zero attached hydrogens (tertiary/aromatic N) is 2. The Morgan fingerprint density at radius 1 is 1.16 bits per heavy atom. The van der Waals surface area contributed by atoms with Crippen LogP contribution in [0.15, 0.2) is 58.9 Å². The van der Waals surface area contributed by atoms with Gasteiger partial charge < -0.3 is 15.4 Å². The van der Waals surface area contributed by atoms with E-state index < -0.39 is 0 Å². The van der Waals surface area contributed by atoms with Crippen molar-refractivity contribution in [1.82, 2.24) is 15.5 Å². The highest BCUT2D eigenvalue weighted by Crippen LogP contribution is 2.26. The summed E-state index contributed by atoms with van der Waals surface area (Å²) in [6, 6.07) is 18.5. The highest BCUT2D eigenvalue weighted by atomic mass is 32.2.